The molecule has 4 rings (SSSR count). The van der Waals surface area contributed by atoms with Crippen LogP contribution in [-0.2, 0) is 0 Å². The van der Waals surface area contributed by atoms with Gasteiger partial charge in [-0.05, 0) is 19.1 Å². The van der Waals surface area contributed by atoms with E-state index in [0.717, 1.165) is 5.56 Å². The highest BCUT2D eigenvalue weighted by atomic mass is 16.6. The number of ether oxygens (including phenoxy) is 1. The van der Waals surface area contributed by atoms with Gasteiger partial charge in [-0.1, -0.05) is 36.4 Å². The van der Waals surface area contributed by atoms with Gasteiger partial charge in [-0.2, -0.15) is 10.1 Å². The zero-order chi connectivity index (χ0) is 23.4. The third-order valence-corrected chi connectivity index (χ3v) is 4.60. The van der Waals surface area contributed by atoms with Crippen molar-refractivity contribution in [1.82, 2.24) is 19.7 Å². The number of hydrogen-bond donors (Lipinski definition) is 0. The van der Waals surface area contributed by atoms with Gasteiger partial charge in [-0.3, -0.25) is 14.9 Å². The van der Waals surface area contributed by atoms with E-state index in [-0.39, 0.29) is 17.2 Å². The topological polar surface area (TPSA) is 117 Å². The lowest BCUT2D eigenvalue weighted by Gasteiger charge is -2.12. The summed E-state index contributed by atoms with van der Waals surface area (Å²) in [4.78, 5) is 34.2. The smallest absolute Gasteiger partial charge is 0.265 e. The van der Waals surface area contributed by atoms with Crippen molar-refractivity contribution in [2.24, 2.45) is 0 Å². The molecule has 162 valence electrons. The Morgan fingerprint density at radius 3 is 2.70 bits per heavy atom. The van der Waals surface area contributed by atoms with E-state index >= 15 is 0 Å². The first-order valence-electron chi connectivity index (χ1n) is 9.73. The van der Waals surface area contributed by atoms with Crippen molar-refractivity contribution in [3.63, 3.8) is 0 Å². The highest BCUT2D eigenvalue weighted by molar-refractivity contribution is 5.96. The van der Waals surface area contributed by atoms with Gasteiger partial charge in [0.05, 0.1) is 24.0 Å². The summed E-state index contributed by atoms with van der Waals surface area (Å²) < 4.78 is 7.40. The molecule has 0 amide bonds. The van der Waals surface area contributed by atoms with E-state index < -0.39 is 17.3 Å². The van der Waals surface area contributed by atoms with E-state index in [2.05, 4.69) is 19.9 Å². The Morgan fingerprint density at radius 2 is 1.97 bits per heavy atom. The van der Waals surface area contributed by atoms with Gasteiger partial charge in [-0.15, -0.1) is 0 Å². The second-order valence-electron chi connectivity index (χ2n) is 6.96. The summed E-state index contributed by atoms with van der Waals surface area (Å²) in [5.74, 6) is 0.380. The van der Waals surface area contributed by atoms with E-state index in [0.29, 0.717) is 22.9 Å². The van der Waals surface area contributed by atoms with Crippen molar-refractivity contribution < 1.29 is 14.5 Å². The van der Waals surface area contributed by atoms with Gasteiger partial charge >= 0.3 is 0 Å². The number of Topliss-reactive ketones (excluding diaryl/α,β-unsaturated/α-hetero) is 1. The molecule has 0 bridgehead atoms. The van der Waals surface area contributed by atoms with Crippen molar-refractivity contribution in [2.75, 3.05) is 6.54 Å². The Balaban J connectivity index is 1.72. The molecule has 0 unspecified atom stereocenters. The zero-order valence-electron chi connectivity index (χ0n) is 17.4. The molecule has 0 aliphatic heterocycles. The maximum atomic E-state index is 12.0. The molecule has 0 radical (unpaired) electrons. The number of benzene rings is 2. The number of nitro groups is 1. The minimum atomic E-state index is -0.825. The first kappa shape index (κ1) is 21.3. The second-order valence-corrected chi connectivity index (χ2v) is 6.96. The summed E-state index contributed by atoms with van der Waals surface area (Å²) in [7, 11) is 0. The van der Waals surface area contributed by atoms with Crippen LogP contribution in [-0.4, -0.2) is 37.0 Å². The molecule has 33 heavy (non-hydrogen) atoms. The van der Waals surface area contributed by atoms with Gasteiger partial charge in [0.1, 0.15) is 17.3 Å². The predicted molar refractivity (Wildman–Crippen MR) is 118 cm³/mol. The predicted octanol–water partition coefficient (Wildman–Crippen LogP) is 4.44. The molecule has 0 aliphatic carbocycles. The quantitative estimate of drug-likeness (QED) is 0.180. The van der Waals surface area contributed by atoms with Crippen LogP contribution >= 0.6 is 0 Å². The molecule has 2 aromatic heterocycles. The molecule has 0 saturated heterocycles. The minimum absolute atomic E-state index is 0.0937. The molecule has 0 fully saturated rings. The fraction of sp³-hybridized carbons (Fsp3) is 0.0870. The Morgan fingerprint density at radius 1 is 1.18 bits per heavy atom. The van der Waals surface area contributed by atoms with Gasteiger partial charge in [-0.25, -0.2) is 14.5 Å². The number of rotatable bonds is 7. The van der Waals surface area contributed by atoms with Gasteiger partial charge < -0.3 is 4.74 Å². The average Bonchev–Trinajstić information content (AvgIpc) is 3.29. The number of aryl methyl sites for hydroxylation is 1. The largest absolute Gasteiger partial charge is 0.438 e. The molecular formula is C23H16N6O4. The normalized spacial score (nSPS) is 10.4. The third-order valence-electron chi connectivity index (χ3n) is 4.60. The zero-order valence-corrected chi connectivity index (χ0v) is 17.4. The van der Waals surface area contributed by atoms with Crippen LogP contribution in [0.1, 0.15) is 16.2 Å². The first-order valence-corrected chi connectivity index (χ1v) is 9.73. The van der Waals surface area contributed by atoms with Crippen molar-refractivity contribution in [3.8, 4) is 28.6 Å². The van der Waals surface area contributed by atoms with E-state index in [1.165, 1.54) is 23.1 Å². The third kappa shape index (κ3) is 4.88. The molecule has 0 spiro atoms. The van der Waals surface area contributed by atoms with Gasteiger partial charge in [0.25, 0.3) is 6.54 Å². The molecule has 0 saturated carbocycles. The molecule has 10 heteroatoms. The fourth-order valence-corrected chi connectivity index (χ4v) is 3.11. The van der Waals surface area contributed by atoms with Crippen molar-refractivity contribution >= 4 is 11.5 Å². The maximum Gasteiger partial charge on any atom is 0.265 e. The van der Waals surface area contributed by atoms with Crippen LogP contribution < -0.4 is 4.74 Å². The van der Waals surface area contributed by atoms with Crippen molar-refractivity contribution in [1.29, 1.82) is 0 Å². The second kappa shape index (κ2) is 9.07. The van der Waals surface area contributed by atoms with Crippen LogP contribution in [0.15, 0.2) is 67.0 Å². The Kier molecular flexibility index (Phi) is 5.86. The molecule has 0 aliphatic rings. The standard InChI is InChI=1S/C23H16N6O4/c1-15-26-19(16-6-4-3-5-7-16)11-23(27-15)33-22-10-18(24-2)8-9-20(22)28-13-17(12-25-28)21(30)14-29(31)32/h3-13H,14H2,1H3. The van der Waals surface area contributed by atoms with E-state index in [1.807, 2.05) is 30.3 Å². The highest BCUT2D eigenvalue weighted by Gasteiger charge is 2.17. The number of carbonyl (C=O) groups is 1. The van der Waals surface area contributed by atoms with Gasteiger partial charge in [0.15, 0.2) is 5.69 Å². The molecular weight excluding hydrogens is 424 g/mol. The summed E-state index contributed by atoms with van der Waals surface area (Å²) in [6.45, 7) is 8.24. The lowest BCUT2D eigenvalue weighted by atomic mass is 10.1. The van der Waals surface area contributed by atoms with Crippen LogP contribution in [0.25, 0.3) is 21.8 Å². The molecule has 10 nitrogen and oxygen atoms in total. The van der Waals surface area contributed by atoms with E-state index in [9.17, 15) is 14.9 Å². The summed E-state index contributed by atoms with van der Waals surface area (Å²) >= 11 is 0. The van der Waals surface area contributed by atoms with Crippen LogP contribution in [0.3, 0.4) is 0 Å². The summed E-state index contributed by atoms with van der Waals surface area (Å²) in [5.41, 5.74) is 2.42. The Labute approximate surface area is 188 Å². The van der Waals surface area contributed by atoms with Crippen molar-refractivity contribution in [3.05, 3.63) is 99.9 Å². The summed E-state index contributed by atoms with van der Waals surface area (Å²) in [5, 5.41) is 14.8. The number of carbonyl (C=O) groups excluding carboxylic acids is 1. The molecule has 0 N–H and O–H groups in total. The van der Waals surface area contributed by atoms with Crippen LogP contribution in [0.5, 0.6) is 11.6 Å². The van der Waals surface area contributed by atoms with E-state index in [4.69, 9.17) is 11.3 Å². The number of aromatic nitrogens is 4. The minimum Gasteiger partial charge on any atom is -0.438 e. The first-order chi connectivity index (χ1) is 15.9. The molecule has 4 aromatic rings. The SMILES string of the molecule is [C-]#[N+]c1ccc(-n2cc(C(=O)C[N+](=O)[O-])cn2)c(Oc2cc(-c3ccccc3)nc(C)n2)c1. The molecule has 2 heterocycles. The van der Waals surface area contributed by atoms with Crippen LogP contribution in [0, 0.1) is 23.6 Å². The maximum absolute atomic E-state index is 12.0. The Bertz CT molecular complexity index is 1390. The highest BCUT2D eigenvalue weighted by Crippen LogP contribution is 2.32. The monoisotopic (exact) mass is 440 g/mol. The lowest BCUT2D eigenvalue weighted by molar-refractivity contribution is -0.465. The van der Waals surface area contributed by atoms with Crippen LogP contribution in [0.2, 0.25) is 0 Å². The van der Waals surface area contributed by atoms with Gasteiger partial charge in [0.2, 0.25) is 11.7 Å². The van der Waals surface area contributed by atoms with Gasteiger partial charge in [0, 0.05) is 22.7 Å². The summed E-state index contributed by atoms with van der Waals surface area (Å²) in [6, 6.07) is 16.0. The summed E-state index contributed by atoms with van der Waals surface area (Å²) in [6.07, 6.45) is 2.63. The lowest BCUT2D eigenvalue weighted by Crippen LogP contribution is -2.13. The van der Waals surface area contributed by atoms with E-state index in [1.54, 1.807) is 25.1 Å². The molecule has 0 atom stereocenters. The average molecular weight is 440 g/mol. The number of nitrogens with zero attached hydrogens (tertiary/aromatic N) is 6. The van der Waals surface area contributed by atoms with Crippen LogP contribution in [0.4, 0.5) is 5.69 Å². The van der Waals surface area contributed by atoms with Crippen molar-refractivity contribution in [2.45, 2.75) is 6.92 Å². The number of ketones is 1. The number of hydrogen-bond acceptors (Lipinski definition) is 7. The Hall–Kier alpha value is -4.91. The molecule has 2 aromatic carbocycles. The fourth-order valence-electron chi connectivity index (χ4n) is 3.11.